The number of fused-ring (bicyclic) bond motifs is 2. The van der Waals surface area contributed by atoms with Gasteiger partial charge in [-0.25, -0.2) is 0 Å². The van der Waals surface area contributed by atoms with Gasteiger partial charge < -0.3 is 9.88 Å². The lowest BCUT2D eigenvalue weighted by Crippen LogP contribution is -2.50. The van der Waals surface area contributed by atoms with Crippen molar-refractivity contribution in [1.82, 2.24) is 9.88 Å². The van der Waals surface area contributed by atoms with E-state index in [1.165, 1.54) is 55.6 Å². The number of rotatable bonds is 1. The fourth-order valence-electron chi connectivity index (χ4n) is 3.46. The average Bonchev–Trinajstić information content (AvgIpc) is 3.05. The van der Waals surface area contributed by atoms with E-state index in [0.29, 0.717) is 0 Å². The van der Waals surface area contributed by atoms with E-state index in [4.69, 9.17) is 0 Å². The van der Waals surface area contributed by atoms with Gasteiger partial charge in [0.05, 0.1) is 0 Å². The van der Waals surface area contributed by atoms with Crippen molar-refractivity contribution in [2.75, 3.05) is 31.1 Å². The Labute approximate surface area is 107 Å². The lowest BCUT2D eigenvalue weighted by molar-refractivity contribution is 0.231. The summed E-state index contributed by atoms with van der Waals surface area (Å²) in [5.41, 5.74) is 2.62. The first-order chi connectivity index (χ1) is 8.90. The summed E-state index contributed by atoms with van der Waals surface area (Å²) >= 11 is 0. The van der Waals surface area contributed by atoms with Crippen LogP contribution in [0.3, 0.4) is 0 Å². The van der Waals surface area contributed by atoms with Gasteiger partial charge in [-0.05, 0) is 43.0 Å². The highest BCUT2D eigenvalue weighted by Gasteiger charge is 2.30. The number of benzene rings is 1. The SMILES string of the molecule is c1cc2ccc(N3CCN4CCCC4C3)cc2[nH]1. The van der Waals surface area contributed by atoms with Crippen LogP contribution in [0.25, 0.3) is 10.9 Å². The quantitative estimate of drug-likeness (QED) is 0.828. The second-order valence-electron chi connectivity index (χ2n) is 5.53. The smallest absolute Gasteiger partial charge is 0.0474 e. The molecular weight excluding hydrogens is 222 g/mol. The number of H-pyrrole nitrogens is 1. The first-order valence-electron chi connectivity index (χ1n) is 6.96. The zero-order chi connectivity index (χ0) is 11.9. The molecule has 1 N–H and O–H groups in total. The van der Waals surface area contributed by atoms with Crippen molar-refractivity contribution in [2.24, 2.45) is 0 Å². The van der Waals surface area contributed by atoms with E-state index in [-0.39, 0.29) is 0 Å². The highest BCUT2D eigenvalue weighted by atomic mass is 15.3. The van der Waals surface area contributed by atoms with E-state index in [2.05, 4.69) is 39.0 Å². The monoisotopic (exact) mass is 241 g/mol. The molecule has 3 nitrogen and oxygen atoms in total. The Kier molecular flexibility index (Phi) is 2.33. The number of nitrogens with one attached hydrogen (secondary N) is 1. The van der Waals surface area contributed by atoms with Crippen LogP contribution in [0, 0.1) is 0 Å². The normalized spacial score (nSPS) is 24.7. The predicted molar refractivity (Wildman–Crippen MR) is 75.1 cm³/mol. The highest BCUT2D eigenvalue weighted by Crippen LogP contribution is 2.27. The van der Waals surface area contributed by atoms with Crippen LogP contribution >= 0.6 is 0 Å². The van der Waals surface area contributed by atoms with Crippen molar-refractivity contribution >= 4 is 16.6 Å². The molecule has 0 amide bonds. The number of aromatic nitrogens is 1. The Morgan fingerprint density at radius 2 is 2.11 bits per heavy atom. The van der Waals surface area contributed by atoms with Crippen LogP contribution < -0.4 is 4.90 Å². The molecule has 0 spiro atoms. The maximum absolute atomic E-state index is 3.31. The maximum atomic E-state index is 3.31. The van der Waals surface area contributed by atoms with Crippen molar-refractivity contribution in [3.05, 3.63) is 30.5 Å². The van der Waals surface area contributed by atoms with Gasteiger partial charge in [0.1, 0.15) is 0 Å². The molecule has 2 saturated heterocycles. The van der Waals surface area contributed by atoms with Gasteiger partial charge in [0.15, 0.2) is 0 Å². The fourth-order valence-corrected chi connectivity index (χ4v) is 3.46. The van der Waals surface area contributed by atoms with Gasteiger partial charge in [-0.1, -0.05) is 6.07 Å². The largest absolute Gasteiger partial charge is 0.369 e. The molecule has 3 heterocycles. The molecule has 3 heteroatoms. The molecule has 2 aliphatic heterocycles. The molecule has 2 fully saturated rings. The average molecular weight is 241 g/mol. The van der Waals surface area contributed by atoms with Crippen molar-refractivity contribution < 1.29 is 0 Å². The Hall–Kier alpha value is -1.48. The lowest BCUT2D eigenvalue weighted by atomic mass is 10.1. The van der Waals surface area contributed by atoms with E-state index < -0.39 is 0 Å². The Morgan fingerprint density at radius 1 is 1.11 bits per heavy atom. The van der Waals surface area contributed by atoms with Crippen molar-refractivity contribution in [1.29, 1.82) is 0 Å². The third kappa shape index (κ3) is 1.62. The van der Waals surface area contributed by atoms with Crippen LogP contribution in [0.5, 0.6) is 0 Å². The van der Waals surface area contributed by atoms with Crippen LogP contribution in [0.1, 0.15) is 12.8 Å². The molecule has 18 heavy (non-hydrogen) atoms. The molecule has 0 saturated carbocycles. The third-order valence-electron chi connectivity index (χ3n) is 4.49. The van der Waals surface area contributed by atoms with Crippen molar-refractivity contribution in [3.63, 3.8) is 0 Å². The van der Waals surface area contributed by atoms with Crippen LogP contribution in [0.2, 0.25) is 0 Å². The summed E-state index contributed by atoms with van der Waals surface area (Å²) in [4.78, 5) is 8.51. The van der Waals surface area contributed by atoms with Crippen molar-refractivity contribution in [2.45, 2.75) is 18.9 Å². The summed E-state index contributed by atoms with van der Waals surface area (Å²) in [6.45, 7) is 4.91. The molecule has 1 atom stereocenters. The summed E-state index contributed by atoms with van der Waals surface area (Å²) in [7, 11) is 0. The molecule has 1 aromatic carbocycles. The summed E-state index contributed by atoms with van der Waals surface area (Å²) < 4.78 is 0. The minimum absolute atomic E-state index is 0.790. The summed E-state index contributed by atoms with van der Waals surface area (Å²) in [6.07, 6.45) is 4.78. The molecule has 94 valence electrons. The second-order valence-corrected chi connectivity index (χ2v) is 5.53. The number of piperazine rings is 1. The second kappa shape index (κ2) is 4.02. The Morgan fingerprint density at radius 3 is 3.11 bits per heavy atom. The number of anilines is 1. The topological polar surface area (TPSA) is 22.3 Å². The van der Waals surface area contributed by atoms with E-state index >= 15 is 0 Å². The van der Waals surface area contributed by atoms with Gasteiger partial charge in [0.2, 0.25) is 0 Å². The minimum atomic E-state index is 0.790. The standard InChI is InChI=1S/C15H19N3/c1-2-14-11-18(9-8-17(14)7-1)13-4-3-12-5-6-16-15(12)10-13/h3-6,10,14,16H,1-2,7-9,11H2. The summed E-state index contributed by atoms with van der Waals surface area (Å²) in [5.74, 6) is 0. The van der Waals surface area contributed by atoms with E-state index in [9.17, 15) is 0 Å². The number of nitrogens with zero attached hydrogens (tertiary/aromatic N) is 2. The fraction of sp³-hybridized carbons (Fsp3) is 0.467. The van der Waals surface area contributed by atoms with Crippen LogP contribution in [-0.4, -0.2) is 42.1 Å². The van der Waals surface area contributed by atoms with E-state index in [0.717, 1.165) is 6.04 Å². The zero-order valence-corrected chi connectivity index (χ0v) is 10.6. The van der Waals surface area contributed by atoms with Gasteiger partial charge in [-0.3, -0.25) is 4.90 Å². The lowest BCUT2D eigenvalue weighted by Gasteiger charge is -2.38. The third-order valence-corrected chi connectivity index (χ3v) is 4.49. The number of hydrogen-bond acceptors (Lipinski definition) is 2. The Balaban J connectivity index is 1.62. The Bertz CT molecular complexity index is 560. The van der Waals surface area contributed by atoms with Crippen LogP contribution in [0.15, 0.2) is 30.5 Å². The molecule has 2 aliphatic rings. The molecule has 1 unspecified atom stereocenters. The van der Waals surface area contributed by atoms with Gasteiger partial charge in [-0.15, -0.1) is 0 Å². The molecule has 2 aromatic rings. The van der Waals surface area contributed by atoms with Gasteiger partial charge in [-0.2, -0.15) is 0 Å². The zero-order valence-electron chi connectivity index (χ0n) is 10.6. The highest BCUT2D eigenvalue weighted by molar-refractivity contribution is 5.83. The minimum Gasteiger partial charge on any atom is -0.369 e. The maximum Gasteiger partial charge on any atom is 0.0474 e. The molecule has 4 rings (SSSR count). The summed E-state index contributed by atoms with van der Waals surface area (Å²) in [5, 5.41) is 1.30. The summed E-state index contributed by atoms with van der Waals surface area (Å²) in [6, 6.07) is 9.70. The molecule has 0 bridgehead atoms. The number of hydrogen-bond donors (Lipinski definition) is 1. The molecular formula is C15H19N3. The molecule has 0 radical (unpaired) electrons. The van der Waals surface area contributed by atoms with Crippen LogP contribution in [-0.2, 0) is 0 Å². The number of aromatic amines is 1. The van der Waals surface area contributed by atoms with E-state index in [1.54, 1.807) is 0 Å². The predicted octanol–water partition coefficient (Wildman–Crippen LogP) is 2.45. The molecule has 0 aliphatic carbocycles. The van der Waals surface area contributed by atoms with Gasteiger partial charge in [0.25, 0.3) is 0 Å². The van der Waals surface area contributed by atoms with Gasteiger partial charge in [0, 0.05) is 43.1 Å². The first-order valence-corrected chi connectivity index (χ1v) is 6.96. The van der Waals surface area contributed by atoms with Crippen molar-refractivity contribution in [3.8, 4) is 0 Å². The first kappa shape index (κ1) is 10.4. The van der Waals surface area contributed by atoms with Crippen LogP contribution in [0.4, 0.5) is 5.69 Å². The van der Waals surface area contributed by atoms with E-state index in [1.807, 2.05) is 6.20 Å². The molecule has 1 aromatic heterocycles. The van der Waals surface area contributed by atoms with Gasteiger partial charge >= 0.3 is 0 Å².